The Labute approximate surface area is 744 Å². The molecular weight excluding hydrogens is 1420 g/mol. The summed E-state index contributed by atoms with van der Waals surface area (Å²) in [6, 6.07) is 0. The molecular formula is C13H30N5Na14O33P11. The Hall–Kier alpha value is 15.4. The molecule has 0 fully saturated rings. The van der Waals surface area contributed by atoms with Gasteiger partial charge in [-0.3, -0.25) is 33.0 Å². The predicted molar refractivity (Wildman–Crippen MR) is 170 cm³/mol. The van der Waals surface area contributed by atoms with E-state index in [1.165, 1.54) is 0 Å². The smallest absolute Gasteiger partial charge is 0.810 e. The molecule has 63 heteroatoms. The van der Waals surface area contributed by atoms with Gasteiger partial charge in [-0.15, -0.1) is 11.5 Å². The van der Waals surface area contributed by atoms with E-state index < -0.39 is 124 Å². The van der Waals surface area contributed by atoms with E-state index in [-0.39, 0.29) is 453 Å². The van der Waals surface area contributed by atoms with Gasteiger partial charge in [-0.2, -0.15) is 0 Å². The van der Waals surface area contributed by atoms with Crippen molar-refractivity contribution in [3.63, 3.8) is 0 Å². The van der Waals surface area contributed by atoms with Gasteiger partial charge in [-0.25, -0.2) is 0 Å². The van der Waals surface area contributed by atoms with Crippen molar-refractivity contribution >= 4 is 83.6 Å². The van der Waals surface area contributed by atoms with Crippen LogP contribution < -0.4 is 494 Å². The van der Waals surface area contributed by atoms with Crippen LogP contribution >= 0.6 is 83.6 Å². The maximum atomic E-state index is 11.1. The molecule has 0 saturated carbocycles. The molecule has 0 aliphatic rings. The molecule has 374 valence electrons. The summed E-state index contributed by atoms with van der Waals surface area (Å²) >= 11 is 0. The minimum atomic E-state index is -7.19. The Balaban J connectivity index is -0.0000000435. The maximum Gasteiger partial charge on any atom is 1.00 e. The number of hydrogen-bond acceptors (Lipinski definition) is 28. The topological polar surface area (TPSA) is 727 Å². The molecule has 0 aromatic heterocycles. The molecule has 0 aromatic rings. The van der Waals surface area contributed by atoms with Crippen LogP contribution in [0.25, 0.3) is 0 Å². The van der Waals surface area contributed by atoms with Crippen LogP contribution in [0.15, 0.2) is 0 Å². The number of hydrogen-bond donors (Lipinski definition) is 8. The minimum Gasteiger partial charge on any atom is -0.810 e. The van der Waals surface area contributed by atoms with E-state index in [0.29, 0.717) is 0 Å². The van der Waals surface area contributed by atoms with E-state index >= 15 is 0 Å². The van der Waals surface area contributed by atoms with Crippen molar-refractivity contribution in [2.75, 3.05) is 71.2 Å². The summed E-state index contributed by atoms with van der Waals surface area (Å²) in [5, 5.41) is 0. The van der Waals surface area contributed by atoms with Crippen LogP contribution in [0.4, 0.5) is 0 Å². The second-order valence-electron chi connectivity index (χ2n) is 11.4. The molecule has 0 unspecified atom stereocenters. The van der Waals surface area contributed by atoms with E-state index in [4.69, 9.17) is 50.6 Å². The summed E-state index contributed by atoms with van der Waals surface area (Å²) < 4.78 is 106. The monoisotopic (exact) mass is 1450 g/mol. The standard InChI is InChI=1S/C11H28N5O9P3.2CH8O12P4.14Na/c12-1-3-14(9-26(17,18)19)5-7-16(11-28(23,24)25)8-6-15(4-2-13)10-27(20,21)22;2*2-14(3,4)1(15(5,6)7,16(8,9)10)17(11,12)13;;;;;;;;;;;;;;/h1-11H2,(H2,17,18,19)(H2,20,21,22)(H2,23,24,25);2*(H2,2,3,4)(H2,5,6,7)(H2,8,9,10)(H2,11,12,13);;;;;;;;;;;;;;/q;;;14*+1/p-14. The summed E-state index contributed by atoms with van der Waals surface area (Å²) in [5.41, 5.74) is 17.8. The van der Waals surface area contributed by atoms with Crippen LogP contribution in [0.1, 0.15) is 0 Å². The first-order chi connectivity index (χ1) is 26.6. The van der Waals surface area contributed by atoms with Crippen LogP contribution in [0.5, 0.6) is 0 Å². The fourth-order valence-electron chi connectivity index (χ4n) is 4.26. The molecule has 0 saturated heterocycles. The van der Waals surface area contributed by atoms with Gasteiger partial charge in [-0.1, -0.05) is 22.8 Å². The zero-order valence-electron chi connectivity index (χ0n) is 43.7. The molecule has 0 bridgehead atoms. The summed E-state index contributed by atoms with van der Waals surface area (Å²) in [6.45, 7) is -2.00. The summed E-state index contributed by atoms with van der Waals surface area (Å²) in [4.78, 5) is 220. The molecule has 0 rings (SSSR count). The summed E-state index contributed by atoms with van der Waals surface area (Å²) in [7, 11) is -70.9. The molecule has 0 spiro atoms. The first-order valence-corrected chi connectivity index (χ1v) is 32.2. The summed E-state index contributed by atoms with van der Waals surface area (Å²) in [6.07, 6.45) is -2.76. The van der Waals surface area contributed by atoms with Crippen molar-refractivity contribution in [2.45, 2.75) is 8.76 Å². The average Bonchev–Trinajstić information content (AvgIpc) is 2.86. The first kappa shape index (κ1) is 135. The fourth-order valence-corrected chi connectivity index (χ4v) is 21.9. The largest absolute Gasteiger partial charge is 1.00 e. The third kappa shape index (κ3) is 49.9. The van der Waals surface area contributed by atoms with Crippen LogP contribution in [-0.2, 0) is 50.2 Å². The van der Waals surface area contributed by atoms with Crippen molar-refractivity contribution in [3.8, 4) is 0 Å². The van der Waals surface area contributed by atoms with Crippen LogP contribution in [-0.4, -0.2) is 134 Å². The third-order valence-electron chi connectivity index (χ3n) is 6.45. The van der Waals surface area contributed by atoms with E-state index in [1.54, 1.807) is 0 Å². The normalized spacial score (nSPS) is 12.2. The SMILES string of the molecule is O=P([O-])([O-])C(P(=O)([O-])[O-])(P(=O)(O)O)P(=O)(O)O.O=P([O-])([O-])C(P(=O)([O-])[O-])(P(=O)(O)O)P(=O)(O)O.[N]CCN(CCN(CCN(CC[N])CP(=O)([O-])[O-])CP(=O)([O-])[O-])CP(=O)([O-])[O-].[Na+].[Na+].[Na+].[Na+].[Na+].[Na+].[Na+].[Na+].[Na+].[Na+].[Na+].[Na+].[Na+].[Na+]. The zero-order valence-corrected chi connectivity index (χ0v) is 81.6. The van der Waals surface area contributed by atoms with Gasteiger partial charge in [0.25, 0.3) is 0 Å². The summed E-state index contributed by atoms with van der Waals surface area (Å²) in [5.74, 6) is 0. The van der Waals surface area contributed by atoms with Gasteiger partial charge >= 0.3 is 444 Å². The molecule has 0 amide bonds. The maximum absolute atomic E-state index is 11.1. The van der Waals surface area contributed by atoms with Crippen molar-refractivity contribution < 1.29 is 572 Å². The molecule has 0 atom stereocenters. The molecule has 38 nitrogen and oxygen atoms in total. The molecule has 76 heavy (non-hydrogen) atoms. The first-order valence-electron chi connectivity index (χ1n) is 14.4. The average molecular weight is 1450 g/mol. The molecule has 4 radical (unpaired) electrons. The van der Waals surface area contributed by atoms with Crippen molar-refractivity contribution in [3.05, 3.63) is 0 Å². The second kappa shape index (κ2) is 56.2. The Kier molecular flexibility index (Phi) is 99.9. The van der Waals surface area contributed by atoms with Crippen LogP contribution in [0.3, 0.4) is 0 Å². The number of nitrogens with zero attached hydrogens (tertiary/aromatic N) is 5. The van der Waals surface area contributed by atoms with Gasteiger partial charge in [0.2, 0.25) is 8.76 Å². The fraction of sp³-hybridized carbons (Fsp3) is 1.00. The van der Waals surface area contributed by atoms with Gasteiger partial charge in [0.15, 0.2) is 0 Å². The Morgan fingerprint density at radius 1 is 0.276 bits per heavy atom. The van der Waals surface area contributed by atoms with Crippen LogP contribution in [0.2, 0.25) is 0 Å². The molecule has 0 aliphatic heterocycles. The van der Waals surface area contributed by atoms with Crippen molar-refractivity contribution in [1.82, 2.24) is 26.2 Å². The van der Waals surface area contributed by atoms with E-state index in [2.05, 4.69) is 0 Å². The third-order valence-corrected chi connectivity index (χ3v) is 33.0. The van der Waals surface area contributed by atoms with Gasteiger partial charge in [-0.05, 0) is 30.4 Å². The van der Waals surface area contributed by atoms with Crippen LogP contribution in [0, 0.1) is 0 Å². The van der Waals surface area contributed by atoms with E-state index in [9.17, 15) is 119 Å². The minimum absolute atomic E-state index is 0. The predicted octanol–water partition coefficient (Wildman–Crippen LogP) is -56.7. The molecule has 0 heterocycles. The van der Waals surface area contributed by atoms with Gasteiger partial charge in [0.1, 0.15) is 0 Å². The van der Waals surface area contributed by atoms with Crippen molar-refractivity contribution in [1.29, 1.82) is 0 Å². The molecule has 0 aromatic carbocycles. The Morgan fingerprint density at radius 3 is 0.461 bits per heavy atom. The number of rotatable bonds is 24. The molecule has 0 aliphatic carbocycles. The van der Waals surface area contributed by atoms with Crippen molar-refractivity contribution in [2.24, 2.45) is 0 Å². The van der Waals surface area contributed by atoms with E-state index in [0.717, 1.165) is 14.7 Å². The Morgan fingerprint density at radius 2 is 0.395 bits per heavy atom. The molecule has 8 N–H and O–H groups in total. The Bertz CT molecular complexity index is 1730. The van der Waals surface area contributed by atoms with Gasteiger partial charge in [0, 0.05) is 71.2 Å². The zero-order chi connectivity index (χ0) is 51.0. The quantitative estimate of drug-likeness (QED) is 0.0329. The van der Waals surface area contributed by atoms with Gasteiger partial charge < -0.3 is 140 Å². The second-order valence-corrected chi connectivity index (χ2v) is 33.9. The van der Waals surface area contributed by atoms with Gasteiger partial charge in [0.05, 0.1) is 0 Å². The van der Waals surface area contributed by atoms with E-state index in [1.807, 2.05) is 0 Å².